The van der Waals surface area contributed by atoms with Crippen molar-refractivity contribution >= 4 is 128 Å². The van der Waals surface area contributed by atoms with Gasteiger partial charge < -0.3 is 77.3 Å². The Morgan fingerprint density at radius 1 is 0.626 bits per heavy atom. The molecule has 0 radical (unpaired) electrons. The van der Waals surface area contributed by atoms with Gasteiger partial charge in [0, 0.05) is 42.3 Å². The molecule has 13 N–H and O–H groups in total. The van der Waals surface area contributed by atoms with Crippen LogP contribution in [-0.2, 0) is 50.4 Å². The fraction of sp³-hybridized carbons (Fsp3) is 0.164. The molecule has 0 spiro atoms. The number of aromatic hydroxyl groups is 5. The molecular weight excluding hydrogens is 1320 g/mol. The Kier molecular flexibility index (Phi) is 18.0. The van der Waals surface area contributed by atoms with E-state index in [2.05, 4.69) is 31.9 Å². The molecule has 5 aliphatic heterocycles. The first-order valence-electron chi connectivity index (χ1n) is 26.7. The number of carboxylic acids is 1. The SMILES string of the molecule is CN1C(=O)[C@@H](c2cc(Cl)c(O)c(Cl)c2)NC(=O)[C@@H]2NC(=O)[C@@H](c3cc(Cl)c(O)c(Cl)c3)NC(=O)[C@H](NC(=O)C(=O)c3cc(Cl)c(O)c(Cl)c3)C[C@]3(O)C(=O)Nc4cc(ccc43)-c3cc2cc(c3O)Oc2ccc(cc2)C[C@H]1C(=O)N[C@@H](C(=O)O)c1ccc(O)cc1. The summed E-state index contributed by atoms with van der Waals surface area (Å²) in [5.41, 5.74) is -4.29. The third kappa shape index (κ3) is 12.8. The number of halogens is 6. The van der Waals surface area contributed by atoms with Crippen LogP contribution in [0, 0.1) is 0 Å². The molecular formula is C61H45Cl6N7O17. The van der Waals surface area contributed by atoms with Gasteiger partial charge in [0.2, 0.25) is 35.3 Å². The minimum absolute atomic E-state index is 0.000399. The van der Waals surface area contributed by atoms with E-state index < -0.39 is 166 Å². The van der Waals surface area contributed by atoms with E-state index in [9.17, 15) is 59.7 Å². The number of carbonyl (C=O) groups excluding carboxylic acids is 8. The molecule has 0 saturated carbocycles. The van der Waals surface area contributed by atoms with Crippen molar-refractivity contribution in [1.82, 2.24) is 31.5 Å². The summed E-state index contributed by atoms with van der Waals surface area (Å²) in [5, 5.41) is 88.6. The van der Waals surface area contributed by atoms with Gasteiger partial charge in [0.1, 0.15) is 41.7 Å². The minimum Gasteiger partial charge on any atom is -0.508 e. The van der Waals surface area contributed by atoms with E-state index in [1.807, 2.05) is 0 Å². The molecule has 7 aromatic rings. The summed E-state index contributed by atoms with van der Waals surface area (Å²) in [4.78, 5) is 132. The number of fused-ring (bicyclic) bond motifs is 15. The number of benzene rings is 7. The topological polar surface area (TPSA) is 380 Å². The summed E-state index contributed by atoms with van der Waals surface area (Å²) in [6.45, 7) is 0. The van der Waals surface area contributed by atoms with Crippen LogP contribution in [0.5, 0.6) is 40.2 Å². The molecule has 0 unspecified atom stereocenters. The third-order valence-electron chi connectivity index (χ3n) is 15.3. The average molecular weight is 1360 g/mol. The molecule has 0 aliphatic carbocycles. The number of hydrogen-bond donors (Lipinski definition) is 13. The maximum absolute atomic E-state index is 15.8. The average Bonchev–Trinajstić information content (AvgIpc) is 1.63. The molecule has 7 aromatic carbocycles. The maximum atomic E-state index is 15.8. The quantitative estimate of drug-likeness (QED) is 0.0486. The highest BCUT2D eigenvalue weighted by atomic mass is 35.5. The normalized spacial score (nSPS) is 20.2. The number of phenolic OH excluding ortho intramolecular Hbond substituents is 5. The van der Waals surface area contributed by atoms with E-state index in [1.54, 1.807) is 0 Å². The second-order valence-corrected chi connectivity index (χ2v) is 23.6. The summed E-state index contributed by atoms with van der Waals surface area (Å²) in [7, 11) is 1.16. The summed E-state index contributed by atoms with van der Waals surface area (Å²) in [6, 6.07) is 10.6. The number of ketones is 1. The highest BCUT2D eigenvalue weighted by Crippen LogP contribution is 2.47. The van der Waals surface area contributed by atoms with Gasteiger partial charge in [0.15, 0.2) is 40.4 Å². The van der Waals surface area contributed by atoms with E-state index in [4.69, 9.17) is 74.3 Å². The lowest BCUT2D eigenvalue weighted by Crippen LogP contribution is -2.55. The number of likely N-dealkylation sites (N-methyl/N-ethyl adjacent to an activating group) is 1. The summed E-state index contributed by atoms with van der Waals surface area (Å²) in [6.07, 6.45) is -1.47. The third-order valence-corrected chi connectivity index (χ3v) is 17.0. The van der Waals surface area contributed by atoms with Crippen LogP contribution >= 0.6 is 69.6 Å². The van der Waals surface area contributed by atoms with Gasteiger partial charge in [-0.25, -0.2) is 4.79 Å². The number of carboxylic acid groups (broad SMARTS) is 1. The lowest BCUT2D eigenvalue weighted by atomic mass is 9.86. The number of Topliss-reactive ketones (excluding diaryl/α,β-unsaturated/α-hetero) is 1. The monoisotopic (exact) mass is 1360 g/mol. The highest BCUT2D eigenvalue weighted by Gasteiger charge is 2.49. The fourth-order valence-corrected chi connectivity index (χ4v) is 12.0. The number of nitrogens with zero attached hydrogens (tertiary/aromatic N) is 1. The van der Waals surface area contributed by atoms with Crippen molar-refractivity contribution in [2.45, 2.75) is 54.7 Å². The van der Waals surface area contributed by atoms with Gasteiger partial charge in [-0.15, -0.1) is 0 Å². The van der Waals surface area contributed by atoms with Crippen LogP contribution in [0.1, 0.15) is 74.3 Å². The van der Waals surface area contributed by atoms with E-state index in [-0.39, 0.29) is 62.6 Å². The number of amides is 7. The van der Waals surface area contributed by atoms with Gasteiger partial charge in [-0.05, 0) is 112 Å². The first-order valence-corrected chi connectivity index (χ1v) is 29.0. The number of aliphatic hydroxyl groups is 1. The Balaban J connectivity index is 1.16. The van der Waals surface area contributed by atoms with Gasteiger partial charge >= 0.3 is 5.97 Å². The molecule has 7 atom stereocenters. The molecule has 468 valence electrons. The van der Waals surface area contributed by atoms with Crippen molar-refractivity contribution in [2.24, 2.45) is 0 Å². The number of phenols is 5. The van der Waals surface area contributed by atoms with Gasteiger partial charge in [0.05, 0.1) is 30.1 Å². The molecule has 0 aromatic heterocycles. The van der Waals surface area contributed by atoms with Crippen LogP contribution in [0.25, 0.3) is 11.1 Å². The number of rotatable bonds is 9. The Morgan fingerprint density at radius 3 is 1.70 bits per heavy atom. The number of anilines is 1. The molecule has 24 nitrogen and oxygen atoms in total. The van der Waals surface area contributed by atoms with Crippen LogP contribution < -0.4 is 36.6 Å². The van der Waals surface area contributed by atoms with E-state index in [0.29, 0.717) is 5.56 Å². The molecule has 0 saturated heterocycles. The van der Waals surface area contributed by atoms with E-state index in [1.165, 1.54) is 72.8 Å². The van der Waals surface area contributed by atoms with Crippen molar-refractivity contribution in [2.75, 3.05) is 12.4 Å². The van der Waals surface area contributed by atoms with E-state index >= 15 is 19.2 Å². The van der Waals surface area contributed by atoms with Crippen LogP contribution in [-0.4, -0.2) is 113 Å². The molecule has 0 fully saturated rings. The smallest absolute Gasteiger partial charge is 0.330 e. The predicted molar refractivity (Wildman–Crippen MR) is 327 cm³/mol. The van der Waals surface area contributed by atoms with Crippen LogP contribution in [0.4, 0.5) is 5.69 Å². The summed E-state index contributed by atoms with van der Waals surface area (Å²) >= 11 is 37.9. The van der Waals surface area contributed by atoms with Gasteiger partial charge in [-0.3, -0.25) is 38.4 Å². The van der Waals surface area contributed by atoms with Crippen LogP contribution in [0.15, 0.2) is 115 Å². The van der Waals surface area contributed by atoms with Crippen molar-refractivity contribution in [3.8, 4) is 51.4 Å². The lowest BCUT2D eigenvalue weighted by Gasteiger charge is -2.33. The van der Waals surface area contributed by atoms with Gasteiger partial charge in [0.25, 0.3) is 11.8 Å². The number of hydrogen-bond acceptors (Lipinski definition) is 16. The molecule has 9 bridgehead atoms. The Hall–Kier alpha value is -9.53. The summed E-state index contributed by atoms with van der Waals surface area (Å²) < 4.78 is 6.32. The van der Waals surface area contributed by atoms with Gasteiger partial charge in [-0.1, -0.05) is 106 Å². The lowest BCUT2D eigenvalue weighted by molar-refractivity contribution is -0.145. The van der Waals surface area contributed by atoms with Crippen LogP contribution in [0.2, 0.25) is 30.1 Å². The van der Waals surface area contributed by atoms with Gasteiger partial charge in [-0.2, -0.15) is 0 Å². The first-order chi connectivity index (χ1) is 43.0. The van der Waals surface area contributed by atoms with Crippen molar-refractivity contribution < 1.29 is 83.6 Å². The molecule has 30 heteroatoms. The van der Waals surface area contributed by atoms with Crippen molar-refractivity contribution in [1.29, 1.82) is 0 Å². The van der Waals surface area contributed by atoms with Crippen molar-refractivity contribution in [3.63, 3.8) is 0 Å². The zero-order valence-corrected chi connectivity index (χ0v) is 50.8. The number of aliphatic carboxylic acids is 1. The number of carbonyl (C=O) groups is 9. The molecule has 91 heavy (non-hydrogen) atoms. The standard InChI is InChI=1S/C61H45Cl6N7O17/c1-74-42(54(82)73-47(59(87)88)24-4-7-30(75)8-5-24)12-23-2-9-31(10-3-23)91-43-21-26-13-32(49(43)77)25-6-11-33-40(20-25)69-60(89)61(33,90)22-41(68-57(85)48(76)29-18-38(66)52(80)39(67)19-29)53(81)70-45(27-14-34(62)50(78)35(63)15-27)55(83)71-44(26)56(84)72-46(58(74)86)28-16-36(64)51(79)37(65)17-28/h2-11,13-21,41-42,44-47,75,77-80,90H,12,22H2,1H3,(H,68,85)(H,69,89)(H,70,81)(H,71,83)(H,72,84)(H,73,82)(H,87,88)/t41-,42+,44-,45-,46-,47-,61-/m1/s1. The number of ether oxygens (including phenoxy) is 1. The maximum Gasteiger partial charge on any atom is 0.330 e. The largest absolute Gasteiger partial charge is 0.508 e. The minimum atomic E-state index is -2.75. The zero-order valence-electron chi connectivity index (χ0n) is 46.3. The Morgan fingerprint density at radius 2 is 1.14 bits per heavy atom. The highest BCUT2D eigenvalue weighted by molar-refractivity contribution is 6.45. The van der Waals surface area contributed by atoms with E-state index in [0.717, 1.165) is 54.4 Å². The first kappa shape index (κ1) is 64.5. The molecule has 12 rings (SSSR count). The second kappa shape index (κ2) is 25.4. The molecule has 5 aliphatic rings. The Bertz CT molecular complexity index is 4200. The predicted octanol–water partition coefficient (Wildman–Crippen LogP) is 7.70. The fourth-order valence-electron chi connectivity index (χ4n) is 10.5. The van der Waals surface area contributed by atoms with Crippen molar-refractivity contribution in [3.05, 3.63) is 184 Å². The molecule has 5 heterocycles. The summed E-state index contributed by atoms with van der Waals surface area (Å²) in [5.74, 6) is -15.3. The number of nitrogens with one attached hydrogen (secondary N) is 6. The molecule has 7 amide bonds. The van der Waals surface area contributed by atoms with Crippen LogP contribution in [0.3, 0.4) is 0 Å². The Labute approximate surface area is 543 Å². The zero-order chi connectivity index (χ0) is 65.8. The second-order valence-electron chi connectivity index (χ2n) is 21.1.